The fraction of sp³-hybridized carbons (Fsp3) is 0.727. The van der Waals surface area contributed by atoms with Gasteiger partial charge < -0.3 is 14.6 Å². The van der Waals surface area contributed by atoms with Crippen LogP contribution in [0.4, 0.5) is 0 Å². The van der Waals surface area contributed by atoms with Crippen LogP contribution in [-0.4, -0.2) is 45.7 Å². The molecule has 1 heterocycles. The van der Waals surface area contributed by atoms with Crippen molar-refractivity contribution in [2.75, 3.05) is 18.9 Å². The van der Waals surface area contributed by atoms with E-state index in [1.165, 1.54) is 11.8 Å². The molecule has 18 heavy (non-hydrogen) atoms. The second kappa shape index (κ2) is 8.10. The highest BCUT2D eigenvalue weighted by Gasteiger charge is 2.20. The van der Waals surface area contributed by atoms with E-state index in [2.05, 4.69) is 22.4 Å². The van der Waals surface area contributed by atoms with E-state index in [-0.39, 0.29) is 12.0 Å². The first-order valence-corrected chi connectivity index (χ1v) is 7.04. The SMILES string of the molecule is CCCNC(CSc1nncn1C)C(=O)OCC. The normalized spacial score (nSPS) is 12.4. The second-order valence-corrected chi connectivity index (χ2v) is 4.78. The van der Waals surface area contributed by atoms with Crippen molar-refractivity contribution in [3.05, 3.63) is 6.33 Å². The topological polar surface area (TPSA) is 69.0 Å². The van der Waals surface area contributed by atoms with E-state index in [0.29, 0.717) is 12.4 Å². The molecular weight excluding hydrogens is 252 g/mol. The van der Waals surface area contributed by atoms with Crippen molar-refractivity contribution in [2.45, 2.75) is 31.5 Å². The van der Waals surface area contributed by atoms with Crippen LogP contribution >= 0.6 is 11.8 Å². The van der Waals surface area contributed by atoms with Crippen LogP contribution in [0, 0.1) is 0 Å². The molecule has 0 saturated carbocycles. The van der Waals surface area contributed by atoms with Crippen molar-refractivity contribution < 1.29 is 9.53 Å². The van der Waals surface area contributed by atoms with Crippen molar-refractivity contribution in [3.8, 4) is 0 Å². The van der Waals surface area contributed by atoms with E-state index >= 15 is 0 Å². The molecule has 1 unspecified atom stereocenters. The third kappa shape index (κ3) is 4.66. The van der Waals surface area contributed by atoms with Crippen LogP contribution in [0.15, 0.2) is 11.5 Å². The van der Waals surface area contributed by atoms with Gasteiger partial charge >= 0.3 is 5.97 Å². The number of ether oxygens (including phenoxy) is 1. The van der Waals surface area contributed by atoms with Crippen molar-refractivity contribution in [1.29, 1.82) is 0 Å². The van der Waals surface area contributed by atoms with Gasteiger partial charge in [0.25, 0.3) is 0 Å². The molecule has 0 fully saturated rings. The fourth-order valence-corrected chi connectivity index (χ4v) is 2.26. The Kier molecular flexibility index (Phi) is 6.74. The number of esters is 1. The van der Waals surface area contributed by atoms with Crippen LogP contribution in [0.2, 0.25) is 0 Å². The Labute approximate surface area is 111 Å². The summed E-state index contributed by atoms with van der Waals surface area (Å²) in [6.45, 7) is 5.07. The second-order valence-electron chi connectivity index (χ2n) is 3.79. The quantitative estimate of drug-likeness (QED) is 0.558. The first kappa shape index (κ1) is 15.0. The van der Waals surface area contributed by atoms with Gasteiger partial charge in [0.1, 0.15) is 12.4 Å². The van der Waals surface area contributed by atoms with Gasteiger partial charge in [-0.3, -0.25) is 4.79 Å². The number of nitrogens with zero attached hydrogens (tertiary/aromatic N) is 3. The van der Waals surface area contributed by atoms with E-state index < -0.39 is 0 Å². The average molecular weight is 272 g/mol. The first-order chi connectivity index (χ1) is 8.69. The number of carbonyl (C=O) groups is 1. The number of hydrogen-bond donors (Lipinski definition) is 1. The fourth-order valence-electron chi connectivity index (χ4n) is 1.33. The Bertz CT molecular complexity index is 370. The third-order valence-electron chi connectivity index (χ3n) is 2.26. The number of rotatable bonds is 8. The predicted octanol–water partition coefficient (Wildman–Crippen LogP) is 0.838. The molecule has 0 bridgehead atoms. The predicted molar refractivity (Wildman–Crippen MR) is 70.4 cm³/mol. The van der Waals surface area contributed by atoms with Crippen LogP contribution in [0.3, 0.4) is 0 Å². The molecule has 0 amide bonds. The Morgan fingerprint density at radius 1 is 1.61 bits per heavy atom. The van der Waals surface area contributed by atoms with Gasteiger partial charge in [-0.1, -0.05) is 18.7 Å². The Balaban J connectivity index is 2.50. The van der Waals surface area contributed by atoms with E-state index in [4.69, 9.17) is 4.74 Å². The van der Waals surface area contributed by atoms with Crippen molar-refractivity contribution in [3.63, 3.8) is 0 Å². The zero-order chi connectivity index (χ0) is 13.4. The average Bonchev–Trinajstić information content (AvgIpc) is 2.75. The summed E-state index contributed by atoms with van der Waals surface area (Å²) in [5.41, 5.74) is 0. The van der Waals surface area contributed by atoms with Gasteiger partial charge in [-0.15, -0.1) is 10.2 Å². The van der Waals surface area contributed by atoms with Gasteiger partial charge in [0.15, 0.2) is 5.16 Å². The van der Waals surface area contributed by atoms with Gasteiger partial charge in [-0.05, 0) is 19.9 Å². The molecule has 0 aliphatic carbocycles. The lowest BCUT2D eigenvalue weighted by Crippen LogP contribution is -2.40. The molecule has 1 aromatic rings. The summed E-state index contributed by atoms with van der Waals surface area (Å²) in [5, 5.41) is 11.7. The molecule has 6 nitrogen and oxygen atoms in total. The smallest absolute Gasteiger partial charge is 0.323 e. The minimum Gasteiger partial charge on any atom is -0.465 e. The van der Waals surface area contributed by atoms with Gasteiger partial charge in [-0.2, -0.15) is 0 Å². The monoisotopic (exact) mass is 272 g/mol. The summed E-state index contributed by atoms with van der Waals surface area (Å²) in [6, 6.07) is -0.299. The zero-order valence-electron chi connectivity index (χ0n) is 11.0. The molecule has 1 aromatic heterocycles. The summed E-state index contributed by atoms with van der Waals surface area (Å²) in [4.78, 5) is 11.8. The Morgan fingerprint density at radius 3 is 2.94 bits per heavy atom. The maximum atomic E-state index is 11.8. The van der Waals surface area contributed by atoms with Crippen LogP contribution < -0.4 is 5.32 Å². The summed E-state index contributed by atoms with van der Waals surface area (Å²) in [5.74, 6) is 0.381. The number of nitrogens with one attached hydrogen (secondary N) is 1. The van der Waals surface area contributed by atoms with Gasteiger partial charge in [0.2, 0.25) is 0 Å². The maximum Gasteiger partial charge on any atom is 0.323 e. The number of hydrogen-bond acceptors (Lipinski definition) is 6. The molecule has 1 atom stereocenters. The zero-order valence-corrected chi connectivity index (χ0v) is 11.9. The highest BCUT2D eigenvalue weighted by molar-refractivity contribution is 7.99. The molecule has 1 N–H and O–H groups in total. The number of thioether (sulfide) groups is 1. The number of aryl methyl sites for hydroxylation is 1. The third-order valence-corrected chi connectivity index (χ3v) is 3.39. The van der Waals surface area contributed by atoms with E-state index in [1.54, 1.807) is 6.33 Å². The summed E-state index contributed by atoms with van der Waals surface area (Å²) >= 11 is 1.49. The van der Waals surface area contributed by atoms with Crippen LogP contribution in [0.5, 0.6) is 0 Å². The van der Waals surface area contributed by atoms with E-state index in [9.17, 15) is 4.79 Å². The highest BCUT2D eigenvalue weighted by atomic mass is 32.2. The van der Waals surface area contributed by atoms with Crippen molar-refractivity contribution >= 4 is 17.7 Å². The summed E-state index contributed by atoms with van der Waals surface area (Å²) in [7, 11) is 1.88. The van der Waals surface area contributed by atoms with Crippen LogP contribution in [-0.2, 0) is 16.6 Å². The lowest BCUT2D eigenvalue weighted by Gasteiger charge is -2.16. The number of aromatic nitrogens is 3. The van der Waals surface area contributed by atoms with E-state index in [0.717, 1.165) is 18.1 Å². The molecule has 0 aromatic carbocycles. The highest BCUT2D eigenvalue weighted by Crippen LogP contribution is 2.15. The standard InChI is InChI=1S/C11H20N4O2S/c1-4-6-12-9(10(16)17-5-2)7-18-11-14-13-8-15(11)3/h8-9,12H,4-7H2,1-3H3. The molecule has 0 aliphatic heterocycles. The first-order valence-electron chi connectivity index (χ1n) is 6.05. The summed E-state index contributed by atoms with van der Waals surface area (Å²) < 4.78 is 6.87. The Morgan fingerprint density at radius 2 is 2.39 bits per heavy atom. The van der Waals surface area contributed by atoms with Crippen LogP contribution in [0.25, 0.3) is 0 Å². The van der Waals surface area contributed by atoms with Gasteiger partial charge in [0.05, 0.1) is 6.61 Å². The van der Waals surface area contributed by atoms with Crippen molar-refractivity contribution in [2.24, 2.45) is 7.05 Å². The minimum absolute atomic E-state index is 0.208. The largest absolute Gasteiger partial charge is 0.465 e. The van der Waals surface area contributed by atoms with E-state index in [1.807, 2.05) is 18.5 Å². The summed E-state index contributed by atoms with van der Waals surface area (Å²) in [6.07, 6.45) is 2.62. The molecular formula is C11H20N4O2S. The van der Waals surface area contributed by atoms with Crippen LogP contribution in [0.1, 0.15) is 20.3 Å². The molecule has 1 rings (SSSR count). The molecule has 0 radical (unpaired) electrons. The molecule has 0 spiro atoms. The minimum atomic E-state index is -0.299. The maximum absolute atomic E-state index is 11.8. The van der Waals surface area contributed by atoms with Crippen molar-refractivity contribution in [1.82, 2.24) is 20.1 Å². The number of carbonyl (C=O) groups excluding carboxylic acids is 1. The van der Waals surface area contributed by atoms with Gasteiger partial charge in [-0.25, -0.2) is 0 Å². The lowest BCUT2D eigenvalue weighted by molar-refractivity contribution is -0.144. The molecule has 7 heteroatoms. The van der Waals surface area contributed by atoms with Gasteiger partial charge in [0, 0.05) is 12.8 Å². The molecule has 102 valence electrons. The Hall–Kier alpha value is -1.08. The molecule has 0 saturated heterocycles. The lowest BCUT2D eigenvalue weighted by atomic mass is 10.3. The molecule has 0 aliphatic rings.